The van der Waals surface area contributed by atoms with E-state index in [0.717, 1.165) is 0 Å². The van der Waals surface area contributed by atoms with E-state index < -0.39 is 29.3 Å². The third-order valence-electron chi connectivity index (χ3n) is 3.73. The number of aliphatic hydroxyl groups is 1. The van der Waals surface area contributed by atoms with Crippen molar-refractivity contribution < 1.29 is 24.1 Å². The molecular formula is C17H14FN2O3+. The van der Waals surface area contributed by atoms with Crippen LogP contribution in [0.1, 0.15) is 18.5 Å². The molecule has 0 saturated carbocycles. The number of halogens is 1. The maximum absolute atomic E-state index is 13.2. The Balaban J connectivity index is 2.17. The second-order valence-electron chi connectivity index (χ2n) is 5.20. The Hall–Kier alpha value is -3.02. The second kappa shape index (κ2) is 5.64. The van der Waals surface area contributed by atoms with Crippen molar-refractivity contribution in [2.24, 2.45) is 0 Å². The Bertz CT molecular complexity index is 800. The normalized spacial score (nSPS) is 17.7. The van der Waals surface area contributed by atoms with E-state index in [0.29, 0.717) is 11.4 Å². The monoisotopic (exact) mass is 313 g/mol. The molecule has 0 aliphatic carbocycles. The summed E-state index contributed by atoms with van der Waals surface area (Å²) in [6, 6.07) is 9.80. The molecule has 0 radical (unpaired) electrons. The predicted octanol–water partition coefficient (Wildman–Crippen LogP) is 2.13. The first-order valence-electron chi connectivity index (χ1n) is 7.00. The summed E-state index contributed by atoms with van der Waals surface area (Å²) in [4.78, 5) is 28.6. The van der Waals surface area contributed by atoms with Crippen LogP contribution in [0.15, 0.2) is 60.0 Å². The molecule has 1 aliphatic heterocycles. The number of hydrogen-bond acceptors (Lipinski definition) is 3. The average Bonchev–Trinajstić information content (AvgIpc) is 2.81. The van der Waals surface area contributed by atoms with Crippen LogP contribution in [0, 0.1) is 5.82 Å². The van der Waals surface area contributed by atoms with Gasteiger partial charge in [-0.3, -0.25) is 4.79 Å². The number of nitrogens with zero attached hydrogens (tertiary/aromatic N) is 1. The lowest BCUT2D eigenvalue weighted by molar-refractivity contribution is -0.363. The number of anilines is 1. The number of aliphatic hydroxyl groups excluding tert-OH is 1. The minimum absolute atomic E-state index is 0.00105. The molecule has 1 amide bonds. The van der Waals surface area contributed by atoms with Crippen LogP contribution in [0.3, 0.4) is 0 Å². The lowest BCUT2D eigenvalue weighted by Crippen LogP contribution is -2.35. The first-order chi connectivity index (χ1) is 11.0. The summed E-state index contributed by atoms with van der Waals surface area (Å²) in [5, 5.41) is 10.1. The largest absolute Gasteiger partial charge is 0.501 e. The number of carbonyl (C=O) groups excluding carboxylic acids is 2. The van der Waals surface area contributed by atoms with Crippen molar-refractivity contribution in [3.8, 4) is 0 Å². The van der Waals surface area contributed by atoms with Crippen molar-refractivity contribution in [1.29, 1.82) is 0 Å². The Morgan fingerprint density at radius 2 is 1.91 bits per heavy atom. The maximum atomic E-state index is 13.2. The fourth-order valence-corrected chi connectivity index (χ4v) is 2.71. The van der Waals surface area contributed by atoms with Crippen LogP contribution in [-0.2, 0) is 9.59 Å². The minimum atomic E-state index is -0.806. The van der Waals surface area contributed by atoms with Crippen LogP contribution in [0.25, 0.3) is 0 Å². The van der Waals surface area contributed by atoms with Gasteiger partial charge >= 0.3 is 5.91 Å². The summed E-state index contributed by atoms with van der Waals surface area (Å²) in [7, 11) is 0. The van der Waals surface area contributed by atoms with Gasteiger partial charge in [0, 0.05) is 11.6 Å². The molecule has 1 atom stereocenters. The fourth-order valence-electron chi connectivity index (χ4n) is 2.71. The molecule has 6 heteroatoms. The lowest BCUT2D eigenvalue weighted by Gasteiger charge is -2.19. The molecule has 0 saturated heterocycles. The van der Waals surface area contributed by atoms with Crippen molar-refractivity contribution in [2.45, 2.75) is 13.0 Å². The minimum Gasteiger partial charge on any atom is -0.501 e. The number of Topliss-reactive ketones (excluding diaryl/α,β-unsaturated/α-hetero) is 1. The van der Waals surface area contributed by atoms with Gasteiger partial charge in [-0.2, -0.15) is 4.90 Å². The summed E-state index contributed by atoms with van der Waals surface area (Å²) in [6.45, 7) is 1.29. The first-order valence-corrected chi connectivity index (χ1v) is 7.00. The van der Waals surface area contributed by atoms with Crippen LogP contribution in [0.4, 0.5) is 10.2 Å². The zero-order valence-corrected chi connectivity index (χ0v) is 12.3. The van der Waals surface area contributed by atoms with Crippen LogP contribution in [-0.4, -0.2) is 16.8 Å². The molecule has 0 spiro atoms. The van der Waals surface area contributed by atoms with Crippen LogP contribution >= 0.6 is 0 Å². The van der Waals surface area contributed by atoms with Gasteiger partial charge < -0.3 is 5.11 Å². The number of ketones is 1. The van der Waals surface area contributed by atoms with Gasteiger partial charge in [0.25, 0.3) is 5.82 Å². The van der Waals surface area contributed by atoms with Gasteiger partial charge in [0.2, 0.25) is 5.76 Å². The highest BCUT2D eigenvalue weighted by atomic mass is 19.1. The van der Waals surface area contributed by atoms with E-state index in [2.05, 4.69) is 4.98 Å². The number of carbonyl (C=O) groups is 2. The highest BCUT2D eigenvalue weighted by Gasteiger charge is 2.49. The molecular weight excluding hydrogens is 299 g/mol. The van der Waals surface area contributed by atoms with Gasteiger partial charge in [0.1, 0.15) is 5.82 Å². The predicted molar refractivity (Wildman–Crippen MR) is 80.0 cm³/mol. The number of nitrogens with one attached hydrogen (secondary N) is 1. The smallest absolute Gasteiger partial charge is 0.377 e. The van der Waals surface area contributed by atoms with Crippen molar-refractivity contribution in [3.63, 3.8) is 0 Å². The molecule has 5 nitrogen and oxygen atoms in total. The Morgan fingerprint density at radius 3 is 2.48 bits per heavy atom. The molecule has 1 aromatic heterocycles. The molecule has 3 rings (SSSR count). The van der Waals surface area contributed by atoms with Crippen molar-refractivity contribution in [2.75, 3.05) is 4.90 Å². The number of rotatable bonds is 3. The summed E-state index contributed by atoms with van der Waals surface area (Å²) in [5.74, 6) is -1.66. The Kier molecular flexibility index (Phi) is 3.65. The van der Waals surface area contributed by atoms with Crippen molar-refractivity contribution >= 4 is 17.5 Å². The molecule has 0 fully saturated rings. The number of aromatic nitrogens is 1. The van der Waals surface area contributed by atoms with Crippen LogP contribution in [0.5, 0.6) is 0 Å². The van der Waals surface area contributed by atoms with E-state index in [9.17, 15) is 19.1 Å². The summed E-state index contributed by atoms with van der Waals surface area (Å²) < 4.78 is 13.2. The summed E-state index contributed by atoms with van der Waals surface area (Å²) in [5.41, 5.74) is 0.533. The molecule has 116 valence electrons. The Morgan fingerprint density at radius 1 is 1.22 bits per heavy atom. The number of amides is 1. The third-order valence-corrected chi connectivity index (χ3v) is 3.73. The van der Waals surface area contributed by atoms with Crippen LogP contribution < -0.4 is 9.88 Å². The standard InChI is InChI=1S/C17H13FN2O3/c1-10(21)14-15(11-5-7-12(18)8-6-11)20(17(23)16(14)22)13-4-2-3-9-19-13/h2-9,15,22H,1H3/p+1. The van der Waals surface area contributed by atoms with Crippen molar-refractivity contribution in [1.82, 2.24) is 0 Å². The second-order valence-corrected chi connectivity index (χ2v) is 5.20. The zero-order valence-electron chi connectivity index (χ0n) is 12.3. The van der Waals surface area contributed by atoms with E-state index in [-0.39, 0.29) is 5.57 Å². The number of aromatic amines is 1. The van der Waals surface area contributed by atoms with Gasteiger partial charge in [-0.15, -0.1) is 0 Å². The van der Waals surface area contributed by atoms with Gasteiger partial charge in [-0.25, -0.2) is 14.2 Å². The first kappa shape index (κ1) is 14.9. The fraction of sp³-hybridized carbons (Fsp3) is 0.118. The lowest BCUT2D eigenvalue weighted by atomic mass is 9.97. The van der Waals surface area contributed by atoms with Gasteiger partial charge in [0.15, 0.2) is 11.8 Å². The topological polar surface area (TPSA) is 71.8 Å². The van der Waals surface area contributed by atoms with E-state index in [1.54, 1.807) is 24.4 Å². The summed E-state index contributed by atoms with van der Waals surface area (Å²) >= 11 is 0. The third kappa shape index (κ3) is 2.48. The van der Waals surface area contributed by atoms with E-state index in [4.69, 9.17) is 0 Å². The quantitative estimate of drug-likeness (QED) is 0.943. The number of pyridine rings is 1. The molecule has 23 heavy (non-hydrogen) atoms. The van der Waals surface area contributed by atoms with Crippen molar-refractivity contribution in [3.05, 3.63) is 71.4 Å². The Labute approximate surface area is 131 Å². The molecule has 2 heterocycles. The van der Waals surface area contributed by atoms with Gasteiger partial charge in [-0.1, -0.05) is 18.2 Å². The molecule has 1 aromatic carbocycles. The molecule has 2 aromatic rings. The number of H-pyrrole nitrogens is 1. The molecule has 1 aliphatic rings. The number of hydrogen-bond donors (Lipinski definition) is 1. The highest BCUT2D eigenvalue weighted by Crippen LogP contribution is 2.39. The molecule has 2 N–H and O–H groups in total. The molecule has 0 bridgehead atoms. The zero-order chi connectivity index (χ0) is 16.6. The van der Waals surface area contributed by atoms with E-state index in [1.165, 1.54) is 36.1 Å². The maximum Gasteiger partial charge on any atom is 0.377 e. The van der Waals surface area contributed by atoms with Crippen LogP contribution in [0.2, 0.25) is 0 Å². The average molecular weight is 313 g/mol. The van der Waals surface area contributed by atoms with Gasteiger partial charge in [0.05, 0.1) is 11.8 Å². The highest BCUT2D eigenvalue weighted by molar-refractivity contribution is 6.15. The SMILES string of the molecule is CC(=O)C1=C(O)C(=O)N(c2cccc[nH+]2)C1c1ccc(F)cc1. The van der Waals surface area contributed by atoms with E-state index >= 15 is 0 Å². The molecule has 1 unspecified atom stereocenters. The number of benzene rings is 1. The van der Waals surface area contributed by atoms with Gasteiger partial charge in [-0.05, 0) is 25.1 Å². The van der Waals surface area contributed by atoms with E-state index in [1.807, 2.05) is 0 Å². The summed E-state index contributed by atoms with van der Waals surface area (Å²) in [6.07, 6.45) is 1.63.